The van der Waals surface area contributed by atoms with E-state index < -0.39 is 15.6 Å². The first kappa shape index (κ1) is 19.7. The third kappa shape index (κ3) is 3.82. The summed E-state index contributed by atoms with van der Waals surface area (Å²) in [5.74, 6) is 1.41. The molecule has 1 aliphatic heterocycles. The molecule has 0 fully saturated rings. The largest absolute Gasteiger partial charge is 0.496 e. The molecule has 3 rings (SSSR count). The zero-order valence-corrected chi connectivity index (χ0v) is 17.5. The Bertz CT molecular complexity index is 980. The van der Waals surface area contributed by atoms with E-state index in [1.807, 2.05) is 45.9 Å². The highest BCUT2D eigenvalue weighted by Crippen LogP contribution is 2.41. The van der Waals surface area contributed by atoms with Crippen molar-refractivity contribution >= 4 is 10.0 Å². The summed E-state index contributed by atoms with van der Waals surface area (Å²) in [6, 6.07) is 8.83. The lowest BCUT2D eigenvalue weighted by Gasteiger charge is -2.38. The molecular formula is C21H27NO4S. The van der Waals surface area contributed by atoms with Crippen LogP contribution in [0.5, 0.6) is 11.5 Å². The maximum atomic E-state index is 13.2. The van der Waals surface area contributed by atoms with Gasteiger partial charge in [0, 0.05) is 12.0 Å². The number of nitrogens with one attached hydrogen (secondary N) is 1. The number of hydrogen-bond acceptors (Lipinski definition) is 4. The van der Waals surface area contributed by atoms with Crippen molar-refractivity contribution in [3.63, 3.8) is 0 Å². The molecule has 1 N–H and O–H groups in total. The molecule has 0 amide bonds. The van der Waals surface area contributed by atoms with Crippen LogP contribution in [0.25, 0.3) is 0 Å². The number of ether oxygens (including phenoxy) is 2. The molecule has 2 aromatic carbocycles. The summed E-state index contributed by atoms with van der Waals surface area (Å²) >= 11 is 0. The molecule has 0 spiro atoms. The minimum absolute atomic E-state index is 0.277. The molecule has 0 radical (unpaired) electrons. The molecule has 0 aliphatic carbocycles. The summed E-state index contributed by atoms with van der Waals surface area (Å²) in [4.78, 5) is 0.277. The zero-order chi connectivity index (χ0) is 20.0. The molecule has 27 heavy (non-hydrogen) atoms. The summed E-state index contributed by atoms with van der Waals surface area (Å²) in [6.07, 6.45) is 0.552. The Labute approximate surface area is 161 Å². The molecule has 5 nitrogen and oxygen atoms in total. The average molecular weight is 390 g/mol. The number of hydrogen-bond donors (Lipinski definition) is 1. The lowest BCUT2D eigenvalue weighted by Crippen LogP contribution is -2.41. The Morgan fingerprint density at radius 1 is 1.11 bits per heavy atom. The van der Waals surface area contributed by atoms with Gasteiger partial charge in [-0.2, -0.15) is 0 Å². The molecule has 146 valence electrons. The predicted octanol–water partition coefficient (Wildman–Crippen LogP) is 4.20. The van der Waals surface area contributed by atoms with Crippen LogP contribution in [0.15, 0.2) is 35.2 Å². The van der Waals surface area contributed by atoms with Crippen LogP contribution >= 0.6 is 0 Å². The molecule has 1 aliphatic rings. The number of aryl methyl sites for hydroxylation is 1. The lowest BCUT2D eigenvalue weighted by molar-refractivity contribution is 0.0701. The Hall–Kier alpha value is -2.05. The second-order valence-electron chi connectivity index (χ2n) is 7.80. The van der Waals surface area contributed by atoms with E-state index in [4.69, 9.17) is 9.47 Å². The van der Waals surface area contributed by atoms with Gasteiger partial charge in [-0.1, -0.05) is 17.7 Å². The van der Waals surface area contributed by atoms with Crippen LogP contribution in [-0.4, -0.2) is 21.1 Å². The molecule has 0 saturated carbocycles. The zero-order valence-electron chi connectivity index (χ0n) is 16.7. The minimum atomic E-state index is -3.70. The Morgan fingerprint density at radius 2 is 1.81 bits per heavy atom. The van der Waals surface area contributed by atoms with Crippen molar-refractivity contribution in [3.05, 3.63) is 52.6 Å². The van der Waals surface area contributed by atoms with E-state index in [1.165, 1.54) is 0 Å². The molecule has 1 atom stereocenters. The number of sulfonamides is 1. The van der Waals surface area contributed by atoms with Gasteiger partial charge in [0.15, 0.2) is 0 Å². The second-order valence-corrected chi connectivity index (χ2v) is 9.48. The second kappa shape index (κ2) is 6.84. The fourth-order valence-electron chi connectivity index (χ4n) is 3.61. The van der Waals surface area contributed by atoms with Crippen LogP contribution in [-0.2, 0) is 10.0 Å². The van der Waals surface area contributed by atoms with Gasteiger partial charge in [-0.05, 0) is 63.9 Å². The van der Waals surface area contributed by atoms with Gasteiger partial charge in [0.05, 0.1) is 18.0 Å². The smallest absolute Gasteiger partial charge is 0.241 e. The topological polar surface area (TPSA) is 64.6 Å². The lowest BCUT2D eigenvalue weighted by atomic mass is 9.89. The fourth-order valence-corrected chi connectivity index (χ4v) is 5.13. The van der Waals surface area contributed by atoms with Gasteiger partial charge in [-0.15, -0.1) is 0 Å². The van der Waals surface area contributed by atoms with E-state index in [0.717, 1.165) is 22.4 Å². The number of fused-ring (bicyclic) bond motifs is 1. The third-order valence-corrected chi connectivity index (χ3v) is 6.73. The quantitative estimate of drug-likeness (QED) is 0.851. The molecule has 0 aromatic heterocycles. The first-order valence-electron chi connectivity index (χ1n) is 9.00. The van der Waals surface area contributed by atoms with Gasteiger partial charge in [0.25, 0.3) is 0 Å². The summed E-state index contributed by atoms with van der Waals surface area (Å²) in [5, 5.41) is 0. The van der Waals surface area contributed by atoms with Gasteiger partial charge >= 0.3 is 0 Å². The van der Waals surface area contributed by atoms with Crippen LogP contribution < -0.4 is 14.2 Å². The standard InChI is InChI=1S/C21H27NO4S/c1-13-7-8-19-16(11-13)17(12-21(4,5)26-19)22-27(23,24)20-10-9-18(25-6)14(2)15(20)3/h7-11,17,22H,12H2,1-6H3. The highest BCUT2D eigenvalue weighted by atomic mass is 32.2. The van der Waals surface area contributed by atoms with Gasteiger partial charge in [0.1, 0.15) is 17.1 Å². The number of benzene rings is 2. The van der Waals surface area contributed by atoms with Gasteiger partial charge in [0.2, 0.25) is 10.0 Å². The van der Waals surface area contributed by atoms with Crippen molar-refractivity contribution in [2.24, 2.45) is 0 Å². The Morgan fingerprint density at radius 3 is 2.48 bits per heavy atom. The van der Waals surface area contributed by atoms with Crippen LogP contribution in [0.2, 0.25) is 0 Å². The van der Waals surface area contributed by atoms with Crippen molar-refractivity contribution in [1.29, 1.82) is 0 Å². The maximum absolute atomic E-state index is 13.2. The van der Waals surface area contributed by atoms with Gasteiger partial charge in [-0.25, -0.2) is 13.1 Å². The van der Waals surface area contributed by atoms with Crippen LogP contribution in [0.4, 0.5) is 0 Å². The van der Waals surface area contributed by atoms with E-state index in [9.17, 15) is 8.42 Å². The van der Waals surface area contributed by atoms with E-state index in [2.05, 4.69) is 4.72 Å². The average Bonchev–Trinajstić information content (AvgIpc) is 2.56. The highest BCUT2D eigenvalue weighted by molar-refractivity contribution is 7.89. The van der Waals surface area contributed by atoms with E-state index in [-0.39, 0.29) is 10.9 Å². The van der Waals surface area contributed by atoms with Crippen molar-refractivity contribution in [1.82, 2.24) is 4.72 Å². The van der Waals surface area contributed by atoms with Crippen molar-refractivity contribution in [3.8, 4) is 11.5 Å². The SMILES string of the molecule is COc1ccc(S(=O)(=O)NC2CC(C)(C)Oc3ccc(C)cc32)c(C)c1C. The maximum Gasteiger partial charge on any atom is 0.241 e. The highest BCUT2D eigenvalue weighted by Gasteiger charge is 2.36. The van der Waals surface area contributed by atoms with Crippen molar-refractivity contribution < 1.29 is 17.9 Å². The molecule has 6 heteroatoms. The monoisotopic (exact) mass is 389 g/mol. The summed E-state index contributed by atoms with van der Waals surface area (Å²) in [7, 11) is -2.12. The summed E-state index contributed by atoms with van der Waals surface area (Å²) < 4.78 is 40.6. The van der Waals surface area contributed by atoms with Crippen LogP contribution in [0.3, 0.4) is 0 Å². The summed E-state index contributed by atoms with van der Waals surface area (Å²) in [6.45, 7) is 9.60. The van der Waals surface area contributed by atoms with E-state index in [1.54, 1.807) is 26.2 Å². The Balaban J connectivity index is 2.02. The fraction of sp³-hybridized carbons (Fsp3) is 0.429. The predicted molar refractivity (Wildman–Crippen MR) is 106 cm³/mol. The molecule has 0 bridgehead atoms. The molecule has 1 heterocycles. The third-order valence-electron chi connectivity index (χ3n) is 5.12. The Kier molecular flexibility index (Phi) is 4.99. The van der Waals surface area contributed by atoms with Crippen molar-refractivity contribution in [2.45, 2.75) is 57.6 Å². The summed E-state index contributed by atoms with van der Waals surface area (Å²) in [5.41, 5.74) is 3.00. The molecule has 0 saturated heterocycles. The van der Waals surface area contributed by atoms with E-state index >= 15 is 0 Å². The normalized spacial score (nSPS) is 18.5. The molecular weight excluding hydrogens is 362 g/mol. The minimum Gasteiger partial charge on any atom is -0.496 e. The number of methoxy groups -OCH3 is 1. The molecule has 2 aromatic rings. The number of rotatable bonds is 4. The van der Waals surface area contributed by atoms with Crippen LogP contribution in [0.1, 0.15) is 48.6 Å². The van der Waals surface area contributed by atoms with Gasteiger partial charge < -0.3 is 9.47 Å². The molecule has 1 unspecified atom stereocenters. The first-order valence-corrected chi connectivity index (χ1v) is 10.5. The van der Waals surface area contributed by atoms with Crippen molar-refractivity contribution in [2.75, 3.05) is 7.11 Å². The first-order chi connectivity index (χ1) is 12.5. The van der Waals surface area contributed by atoms with Crippen LogP contribution in [0, 0.1) is 20.8 Å². The van der Waals surface area contributed by atoms with E-state index in [0.29, 0.717) is 17.7 Å². The van der Waals surface area contributed by atoms with Gasteiger partial charge in [-0.3, -0.25) is 0 Å².